The van der Waals surface area contributed by atoms with Gasteiger partial charge in [-0.25, -0.2) is 4.98 Å². The Morgan fingerprint density at radius 3 is 2.52 bits per heavy atom. The molecule has 0 radical (unpaired) electrons. The Kier molecular flexibility index (Phi) is 5.53. The van der Waals surface area contributed by atoms with E-state index in [9.17, 15) is 4.79 Å². The zero-order chi connectivity index (χ0) is 17.8. The molecular formula is C19H14Cl2N2OS. The van der Waals surface area contributed by atoms with Crippen molar-refractivity contribution in [3.63, 3.8) is 0 Å². The number of halogens is 2. The van der Waals surface area contributed by atoms with Crippen LogP contribution in [0.25, 0.3) is 17.3 Å². The summed E-state index contributed by atoms with van der Waals surface area (Å²) < 4.78 is 0. The first-order valence-corrected chi connectivity index (χ1v) is 9.11. The topological polar surface area (TPSA) is 42.0 Å². The van der Waals surface area contributed by atoms with Gasteiger partial charge in [0, 0.05) is 22.7 Å². The lowest BCUT2D eigenvalue weighted by Crippen LogP contribution is -2.07. The quantitative estimate of drug-likeness (QED) is 0.550. The predicted octanol–water partition coefficient (Wildman–Crippen LogP) is 6.08. The molecule has 3 aromatic rings. The SMILES string of the molecule is Cc1nc(-c2ccc(NC(=O)/C=C/c3ccc(Cl)c(Cl)c3)cc2)cs1. The first-order chi connectivity index (χ1) is 12.0. The van der Waals surface area contributed by atoms with Gasteiger partial charge in [-0.15, -0.1) is 11.3 Å². The summed E-state index contributed by atoms with van der Waals surface area (Å²) >= 11 is 13.4. The van der Waals surface area contributed by atoms with Crippen LogP contribution in [0.2, 0.25) is 10.0 Å². The molecule has 0 bridgehead atoms. The molecule has 0 aliphatic carbocycles. The van der Waals surface area contributed by atoms with Crippen molar-refractivity contribution in [2.24, 2.45) is 0 Å². The third-order valence-electron chi connectivity index (χ3n) is 3.44. The average Bonchev–Trinajstić information content (AvgIpc) is 3.03. The fourth-order valence-corrected chi connectivity index (χ4v) is 3.12. The summed E-state index contributed by atoms with van der Waals surface area (Å²) in [4.78, 5) is 16.5. The van der Waals surface area contributed by atoms with Gasteiger partial charge in [-0.1, -0.05) is 41.4 Å². The molecule has 3 nitrogen and oxygen atoms in total. The van der Waals surface area contributed by atoms with Gasteiger partial charge in [0.1, 0.15) is 0 Å². The van der Waals surface area contributed by atoms with Crippen LogP contribution >= 0.6 is 34.5 Å². The molecule has 0 saturated carbocycles. The molecule has 0 saturated heterocycles. The van der Waals surface area contributed by atoms with Crippen LogP contribution in [-0.4, -0.2) is 10.9 Å². The van der Waals surface area contributed by atoms with Crippen LogP contribution in [0.5, 0.6) is 0 Å². The molecule has 126 valence electrons. The van der Waals surface area contributed by atoms with Crippen LogP contribution in [-0.2, 0) is 4.79 Å². The molecule has 25 heavy (non-hydrogen) atoms. The molecular weight excluding hydrogens is 375 g/mol. The fraction of sp³-hybridized carbons (Fsp3) is 0.0526. The number of hydrogen-bond acceptors (Lipinski definition) is 3. The van der Waals surface area contributed by atoms with E-state index in [1.54, 1.807) is 35.6 Å². The van der Waals surface area contributed by atoms with Crippen LogP contribution in [0.4, 0.5) is 5.69 Å². The Bertz CT molecular complexity index is 933. The highest BCUT2D eigenvalue weighted by atomic mass is 35.5. The maximum absolute atomic E-state index is 12.0. The van der Waals surface area contributed by atoms with Crippen LogP contribution in [0.1, 0.15) is 10.6 Å². The third kappa shape index (κ3) is 4.69. The summed E-state index contributed by atoms with van der Waals surface area (Å²) in [5.41, 5.74) is 3.49. The zero-order valence-corrected chi connectivity index (χ0v) is 15.6. The predicted molar refractivity (Wildman–Crippen MR) is 106 cm³/mol. The van der Waals surface area contributed by atoms with Crippen LogP contribution in [0.3, 0.4) is 0 Å². The lowest BCUT2D eigenvalue weighted by Gasteiger charge is -2.03. The number of aromatic nitrogens is 1. The smallest absolute Gasteiger partial charge is 0.248 e. The van der Waals surface area contributed by atoms with Gasteiger partial charge in [-0.05, 0) is 42.8 Å². The second kappa shape index (κ2) is 7.83. The van der Waals surface area contributed by atoms with Crippen LogP contribution in [0.15, 0.2) is 53.9 Å². The lowest BCUT2D eigenvalue weighted by atomic mass is 10.1. The number of rotatable bonds is 4. The highest BCUT2D eigenvalue weighted by Gasteiger charge is 2.03. The molecule has 1 heterocycles. The Labute approximate surface area is 159 Å². The van der Waals surface area contributed by atoms with Crippen molar-refractivity contribution in [2.45, 2.75) is 6.92 Å². The largest absolute Gasteiger partial charge is 0.323 e. The normalized spacial score (nSPS) is 11.0. The van der Waals surface area contributed by atoms with Gasteiger partial charge in [0.2, 0.25) is 5.91 Å². The fourth-order valence-electron chi connectivity index (χ4n) is 2.19. The van der Waals surface area contributed by atoms with Crippen molar-refractivity contribution in [3.05, 3.63) is 74.5 Å². The second-order valence-corrected chi connectivity index (χ2v) is 7.20. The van der Waals surface area contributed by atoms with Gasteiger partial charge in [0.05, 0.1) is 20.7 Å². The highest BCUT2D eigenvalue weighted by molar-refractivity contribution is 7.09. The molecule has 0 atom stereocenters. The summed E-state index contributed by atoms with van der Waals surface area (Å²) in [6, 6.07) is 12.8. The molecule has 6 heteroatoms. The molecule has 0 unspecified atom stereocenters. The number of hydrogen-bond donors (Lipinski definition) is 1. The third-order valence-corrected chi connectivity index (χ3v) is 4.95. The minimum Gasteiger partial charge on any atom is -0.323 e. The summed E-state index contributed by atoms with van der Waals surface area (Å²) in [5, 5.41) is 6.80. The number of thiazole rings is 1. The second-order valence-electron chi connectivity index (χ2n) is 5.33. The Morgan fingerprint density at radius 2 is 1.88 bits per heavy atom. The number of nitrogens with zero attached hydrogens (tertiary/aromatic N) is 1. The van der Waals surface area contributed by atoms with E-state index in [-0.39, 0.29) is 5.91 Å². The van der Waals surface area contributed by atoms with Gasteiger partial charge in [0.15, 0.2) is 0 Å². The van der Waals surface area contributed by atoms with Gasteiger partial charge in [-0.2, -0.15) is 0 Å². The maximum atomic E-state index is 12.0. The van der Waals surface area contributed by atoms with Crippen molar-refractivity contribution in [2.75, 3.05) is 5.32 Å². The Morgan fingerprint density at radius 1 is 1.12 bits per heavy atom. The average molecular weight is 389 g/mol. The minimum absolute atomic E-state index is 0.219. The van der Waals surface area contributed by atoms with Gasteiger partial charge in [0.25, 0.3) is 0 Å². The van der Waals surface area contributed by atoms with E-state index >= 15 is 0 Å². The number of aryl methyl sites for hydroxylation is 1. The number of carbonyl (C=O) groups is 1. The van der Waals surface area contributed by atoms with E-state index in [1.807, 2.05) is 36.6 Å². The van der Waals surface area contributed by atoms with E-state index in [1.165, 1.54) is 6.08 Å². The van der Waals surface area contributed by atoms with E-state index < -0.39 is 0 Å². The van der Waals surface area contributed by atoms with E-state index in [0.29, 0.717) is 10.0 Å². The van der Waals surface area contributed by atoms with E-state index in [0.717, 1.165) is 27.5 Å². The number of carbonyl (C=O) groups excluding carboxylic acids is 1. The summed E-state index contributed by atoms with van der Waals surface area (Å²) in [7, 11) is 0. The molecule has 0 spiro atoms. The molecule has 0 fully saturated rings. The molecule has 3 rings (SSSR count). The van der Waals surface area contributed by atoms with E-state index in [4.69, 9.17) is 23.2 Å². The Hall–Kier alpha value is -2.14. The minimum atomic E-state index is -0.219. The molecule has 1 amide bonds. The monoisotopic (exact) mass is 388 g/mol. The van der Waals surface area contributed by atoms with Crippen molar-refractivity contribution >= 4 is 52.2 Å². The number of benzene rings is 2. The highest BCUT2D eigenvalue weighted by Crippen LogP contribution is 2.24. The van der Waals surface area contributed by atoms with Crippen LogP contribution in [0, 0.1) is 6.92 Å². The summed E-state index contributed by atoms with van der Waals surface area (Å²) in [6.45, 7) is 1.98. The number of anilines is 1. The van der Waals surface area contributed by atoms with Gasteiger partial charge >= 0.3 is 0 Å². The standard InChI is InChI=1S/C19H14Cl2N2OS/c1-12-22-18(11-25-12)14-4-6-15(7-5-14)23-19(24)9-3-13-2-8-16(20)17(21)10-13/h2-11H,1H3,(H,23,24)/b9-3+. The summed E-state index contributed by atoms with van der Waals surface area (Å²) in [5.74, 6) is -0.219. The summed E-state index contributed by atoms with van der Waals surface area (Å²) in [6.07, 6.45) is 3.14. The first kappa shape index (κ1) is 17.7. The zero-order valence-electron chi connectivity index (χ0n) is 13.3. The van der Waals surface area contributed by atoms with Crippen molar-refractivity contribution < 1.29 is 4.79 Å². The number of nitrogens with one attached hydrogen (secondary N) is 1. The molecule has 1 aromatic heterocycles. The molecule has 2 aromatic carbocycles. The van der Waals surface area contributed by atoms with Crippen LogP contribution < -0.4 is 5.32 Å². The Balaban J connectivity index is 1.64. The molecule has 0 aliphatic heterocycles. The van der Waals surface area contributed by atoms with Gasteiger partial charge in [-0.3, -0.25) is 4.79 Å². The van der Waals surface area contributed by atoms with Crippen molar-refractivity contribution in [1.29, 1.82) is 0 Å². The van der Waals surface area contributed by atoms with Gasteiger partial charge < -0.3 is 5.32 Å². The maximum Gasteiger partial charge on any atom is 0.248 e. The molecule has 1 N–H and O–H groups in total. The number of amides is 1. The lowest BCUT2D eigenvalue weighted by molar-refractivity contribution is -0.111. The first-order valence-electron chi connectivity index (χ1n) is 7.48. The van der Waals surface area contributed by atoms with Crippen molar-refractivity contribution in [3.8, 4) is 11.3 Å². The molecule has 0 aliphatic rings. The van der Waals surface area contributed by atoms with Crippen molar-refractivity contribution in [1.82, 2.24) is 4.98 Å². The van der Waals surface area contributed by atoms with E-state index in [2.05, 4.69) is 10.3 Å².